The van der Waals surface area contributed by atoms with Crippen LogP contribution in [-0.4, -0.2) is 4.98 Å². The van der Waals surface area contributed by atoms with Crippen molar-refractivity contribution in [3.05, 3.63) is 96.1 Å². The van der Waals surface area contributed by atoms with Crippen LogP contribution in [0.5, 0.6) is 0 Å². The zero-order valence-electron chi connectivity index (χ0n) is 21.0. The number of fused-ring (bicyclic) bond motifs is 6. The molecule has 0 spiro atoms. The molecule has 0 atom stereocenters. The Morgan fingerprint density at radius 1 is 0.559 bits per heavy atom. The van der Waals surface area contributed by atoms with Gasteiger partial charge in [0.15, 0.2) is 0 Å². The number of aromatic nitrogens is 1. The number of H-pyrrole nitrogens is 1. The molecule has 2 aromatic heterocycles. The number of hydrogen-bond acceptors (Lipinski definition) is 1. The lowest BCUT2D eigenvalue weighted by atomic mass is 9.83. The molecule has 0 saturated heterocycles. The normalized spacial score (nSPS) is 12.4. The van der Waals surface area contributed by atoms with E-state index >= 15 is 0 Å². The van der Waals surface area contributed by atoms with Gasteiger partial charge in [0, 0.05) is 32.6 Å². The van der Waals surface area contributed by atoms with E-state index in [1.807, 2.05) is 36.4 Å². The Morgan fingerprint density at radius 3 is 1.76 bits per heavy atom. The van der Waals surface area contributed by atoms with Crippen molar-refractivity contribution >= 4 is 43.7 Å². The van der Waals surface area contributed by atoms with E-state index in [0.29, 0.717) is 0 Å². The van der Waals surface area contributed by atoms with Crippen LogP contribution in [0.2, 0.25) is 0 Å². The fourth-order valence-corrected chi connectivity index (χ4v) is 4.72. The topological polar surface area (TPSA) is 28.9 Å². The predicted molar refractivity (Wildman–Crippen MR) is 147 cm³/mol. The smallest absolute Gasteiger partial charge is 0.135 e. The molecule has 6 aromatic rings. The van der Waals surface area contributed by atoms with E-state index in [1.54, 1.807) is 0 Å². The van der Waals surface area contributed by atoms with E-state index in [-0.39, 0.29) is 10.8 Å². The van der Waals surface area contributed by atoms with E-state index in [0.717, 1.165) is 11.2 Å². The van der Waals surface area contributed by atoms with E-state index in [1.165, 1.54) is 43.7 Å². The van der Waals surface area contributed by atoms with Gasteiger partial charge in [-0.25, -0.2) is 0 Å². The second-order valence-electron chi connectivity index (χ2n) is 11.2. The summed E-state index contributed by atoms with van der Waals surface area (Å²) in [7, 11) is 0. The Balaban J connectivity index is 0.000000157. The summed E-state index contributed by atoms with van der Waals surface area (Å²) in [5, 5.41) is 5.10. The minimum atomic E-state index is 0.150. The molecule has 0 saturated carbocycles. The van der Waals surface area contributed by atoms with Crippen LogP contribution in [0.4, 0.5) is 0 Å². The number of rotatable bonds is 0. The molecule has 4 aromatic carbocycles. The van der Waals surface area contributed by atoms with Crippen LogP contribution in [0.15, 0.2) is 89.3 Å². The lowest BCUT2D eigenvalue weighted by molar-refractivity contribution is 0.591. The van der Waals surface area contributed by atoms with Crippen LogP contribution in [-0.2, 0) is 10.8 Å². The van der Waals surface area contributed by atoms with Crippen molar-refractivity contribution in [2.45, 2.75) is 52.4 Å². The van der Waals surface area contributed by atoms with E-state index < -0.39 is 0 Å². The highest BCUT2D eigenvalue weighted by Gasteiger charge is 2.20. The molecule has 0 fully saturated rings. The Hall–Kier alpha value is -3.52. The highest BCUT2D eigenvalue weighted by Crippen LogP contribution is 2.36. The van der Waals surface area contributed by atoms with E-state index in [2.05, 4.69) is 95.1 Å². The second-order valence-corrected chi connectivity index (χ2v) is 11.2. The Morgan fingerprint density at radius 2 is 1.18 bits per heavy atom. The number of benzene rings is 4. The predicted octanol–water partition coefficient (Wildman–Crippen LogP) is 9.50. The Kier molecular flexibility index (Phi) is 5.28. The molecule has 2 heterocycles. The van der Waals surface area contributed by atoms with Crippen molar-refractivity contribution in [2.24, 2.45) is 0 Å². The Bertz CT molecular complexity index is 1570. The SMILES string of the molecule is CC(C)(C)c1ccc2c(c1)[nH]c1cccc(C(C)(C)C)c12.c1ccc2c(c1)oc1ccccc12. The highest BCUT2D eigenvalue weighted by molar-refractivity contribution is 6.09. The number of furan rings is 1. The summed E-state index contributed by atoms with van der Waals surface area (Å²) in [6.45, 7) is 13.6. The van der Waals surface area contributed by atoms with Gasteiger partial charge in [0.2, 0.25) is 0 Å². The third-order valence-corrected chi connectivity index (χ3v) is 6.58. The average molecular weight is 448 g/mol. The summed E-state index contributed by atoms with van der Waals surface area (Å²) >= 11 is 0. The standard InChI is InChI=1S/C20H25N.C12H8O/c1-19(2,3)13-10-11-14-17(12-13)21-16-9-7-8-15(18(14)16)20(4,5)6;1-3-7-11-9(5-1)10-6-2-4-8-12(10)13-11/h7-12,21H,1-6H3;1-8H. The van der Waals surface area contributed by atoms with Gasteiger partial charge in [-0.05, 0) is 46.2 Å². The molecular formula is C32H33NO. The van der Waals surface area contributed by atoms with Gasteiger partial charge in [-0.1, -0.05) is 102 Å². The van der Waals surface area contributed by atoms with E-state index in [4.69, 9.17) is 4.42 Å². The van der Waals surface area contributed by atoms with Crippen LogP contribution >= 0.6 is 0 Å². The van der Waals surface area contributed by atoms with Crippen LogP contribution < -0.4 is 0 Å². The minimum Gasteiger partial charge on any atom is -0.456 e. The van der Waals surface area contributed by atoms with Gasteiger partial charge in [0.1, 0.15) is 11.2 Å². The molecule has 172 valence electrons. The number of aromatic amines is 1. The monoisotopic (exact) mass is 447 g/mol. The van der Waals surface area contributed by atoms with Gasteiger partial charge in [-0.15, -0.1) is 0 Å². The summed E-state index contributed by atoms with van der Waals surface area (Å²) in [4.78, 5) is 3.60. The maximum atomic E-state index is 5.65. The van der Waals surface area contributed by atoms with Gasteiger partial charge in [-0.2, -0.15) is 0 Å². The first-order chi connectivity index (χ1) is 16.1. The summed E-state index contributed by atoms with van der Waals surface area (Å²) in [5.41, 5.74) is 7.52. The molecule has 0 bridgehead atoms. The van der Waals surface area contributed by atoms with Crippen molar-refractivity contribution in [3.8, 4) is 0 Å². The van der Waals surface area contributed by atoms with Crippen LogP contribution in [0.3, 0.4) is 0 Å². The molecule has 0 unspecified atom stereocenters. The maximum absolute atomic E-state index is 5.65. The van der Waals surface area contributed by atoms with Gasteiger partial charge in [0.05, 0.1) is 0 Å². The molecule has 0 aliphatic carbocycles. The van der Waals surface area contributed by atoms with Gasteiger partial charge in [0.25, 0.3) is 0 Å². The molecule has 6 rings (SSSR count). The first-order valence-corrected chi connectivity index (χ1v) is 12.0. The molecule has 0 amide bonds. The first-order valence-electron chi connectivity index (χ1n) is 12.0. The van der Waals surface area contributed by atoms with Crippen molar-refractivity contribution in [3.63, 3.8) is 0 Å². The van der Waals surface area contributed by atoms with Crippen molar-refractivity contribution < 1.29 is 4.42 Å². The summed E-state index contributed by atoms with van der Waals surface area (Å²) in [6, 6.07) is 29.7. The molecule has 34 heavy (non-hydrogen) atoms. The van der Waals surface area contributed by atoms with Crippen LogP contribution in [0.1, 0.15) is 52.7 Å². The zero-order chi connectivity index (χ0) is 24.1. The molecule has 0 radical (unpaired) electrons. The van der Waals surface area contributed by atoms with Crippen LogP contribution in [0, 0.1) is 0 Å². The van der Waals surface area contributed by atoms with Crippen molar-refractivity contribution in [2.75, 3.05) is 0 Å². The van der Waals surface area contributed by atoms with Gasteiger partial charge >= 0.3 is 0 Å². The molecule has 1 N–H and O–H groups in total. The van der Waals surface area contributed by atoms with Crippen LogP contribution in [0.25, 0.3) is 43.7 Å². The average Bonchev–Trinajstić information content (AvgIpc) is 3.36. The molecule has 2 nitrogen and oxygen atoms in total. The fourth-order valence-electron chi connectivity index (χ4n) is 4.72. The zero-order valence-corrected chi connectivity index (χ0v) is 21.0. The molecular weight excluding hydrogens is 414 g/mol. The largest absolute Gasteiger partial charge is 0.456 e. The second kappa shape index (κ2) is 8.06. The molecule has 0 aliphatic rings. The fraction of sp³-hybridized carbons (Fsp3) is 0.250. The molecule has 0 aliphatic heterocycles. The number of para-hydroxylation sites is 2. The van der Waals surface area contributed by atoms with E-state index in [9.17, 15) is 0 Å². The van der Waals surface area contributed by atoms with Crippen molar-refractivity contribution in [1.29, 1.82) is 0 Å². The summed E-state index contributed by atoms with van der Waals surface area (Å²) in [5.74, 6) is 0. The summed E-state index contributed by atoms with van der Waals surface area (Å²) < 4.78 is 5.65. The van der Waals surface area contributed by atoms with Gasteiger partial charge < -0.3 is 9.40 Å². The maximum Gasteiger partial charge on any atom is 0.135 e. The third-order valence-electron chi connectivity index (χ3n) is 6.58. The summed E-state index contributed by atoms with van der Waals surface area (Å²) in [6.07, 6.45) is 0. The number of nitrogens with one attached hydrogen (secondary N) is 1. The quantitative estimate of drug-likeness (QED) is 0.247. The minimum absolute atomic E-state index is 0.150. The highest BCUT2D eigenvalue weighted by atomic mass is 16.3. The third kappa shape index (κ3) is 3.98. The first kappa shape index (κ1) is 22.3. The lowest BCUT2D eigenvalue weighted by Crippen LogP contribution is -2.11. The Labute approximate surface area is 201 Å². The van der Waals surface area contributed by atoms with Gasteiger partial charge in [-0.3, -0.25) is 0 Å². The molecule has 2 heteroatoms. The number of hydrogen-bond donors (Lipinski definition) is 1. The van der Waals surface area contributed by atoms with Crippen molar-refractivity contribution in [1.82, 2.24) is 4.98 Å². The lowest BCUT2D eigenvalue weighted by Gasteiger charge is -2.21.